The Bertz CT molecular complexity index is 3910. The zero-order valence-electron chi connectivity index (χ0n) is 43.8. The summed E-state index contributed by atoms with van der Waals surface area (Å²) in [7, 11) is 0. The second-order valence-electron chi connectivity index (χ2n) is 19.9. The van der Waals surface area contributed by atoms with Crippen molar-refractivity contribution >= 4 is 0 Å². The van der Waals surface area contributed by atoms with E-state index in [-0.39, 0.29) is 0 Å². The van der Waals surface area contributed by atoms with Gasteiger partial charge in [-0.25, -0.2) is 9.36 Å². The topological polar surface area (TPSA) is 48.5 Å². The molecule has 9 aromatic carbocycles. The minimum atomic E-state index is 0.928. The van der Waals surface area contributed by atoms with Gasteiger partial charge in [0.2, 0.25) is 0 Å². The molecule has 0 radical (unpaired) electrons. The van der Waals surface area contributed by atoms with Gasteiger partial charge in [0, 0.05) is 28.7 Å². The lowest BCUT2D eigenvalue weighted by atomic mass is 9.86. The van der Waals surface area contributed by atoms with Gasteiger partial charge in [0.1, 0.15) is 0 Å². The molecule has 5 nitrogen and oxygen atoms in total. The van der Waals surface area contributed by atoms with Crippen molar-refractivity contribution in [2.75, 3.05) is 0 Å². The average molecular weight is 980 g/mol. The molecule has 0 aliphatic carbocycles. The van der Waals surface area contributed by atoms with Gasteiger partial charge in [-0.2, -0.15) is 10.2 Å². The number of pyridine rings is 1. The van der Waals surface area contributed by atoms with Crippen LogP contribution < -0.4 is 0 Å². The summed E-state index contributed by atoms with van der Waals surface area (Å²) in [5, 5.41) is 9.72. The lowest BCUT2D eigenvalue weighted by molar-refractivity contribution is 0.833. The van der Waals surface area contributed by atoms with Crippen molar-refractivity contribution in [3.05, 3.63) is 271 Å². The third-order valence-corrected chi connectivity index (χ3v) is 15.4. The largest absolute Gasteiger partial charge is 0.256 e. The summed E-state index contributed by atoms with van der Waals surface area (Å²) >= 11 is 0. The summed E-state index contributed by atoms with van der Waals surface area (Å²) in [6.45, 7) is 12.7. The van der Waals surface area contributed by atoms with Crippen LogP contribution in [0.2, 0.25) is 0 Å². The van der Waals surface area contributed by atoms with E-state index in [2.05, 4.69) is 272 Å². The lowest BCUT2D eigenvalue weighted by Crippen LogP contribution is -1.99. The molecule has 3 aromatic heterocycles. The van der Waals surface area contributed by atoms with E-state index in [1.807, 2.05) is 15.6 Å². The number of aryl methyl sites for hydroxylation is 2. The molecule has 0 saturated heterocycles. The predicted molar refractivity (Wildman–Crippen MR) is 316 cm³/mol. The Hall–Kier alpha value is -9.45. The molecule has 0 aliphatic heterocycles. The number of rotatable bonds is 11. The zero-order valence-corrected chi connectivity index (χ0v) is 43.8. The smallest absolute Gasteiger partial charge is 0.0702 e. The van der Waals surface area contributed by atoms with Crippen molar-refractivity contribution in [3.8, 4) is 112 Å². The number of hydrogen-bond acceptors (Lipinski definition) is 3. The van der Waals surface area contributed by atoms with Gasteiger partial charge in [0.15, 0.2) is 0 Å². The summed E-state index contributed by atoms with van der Waals surface area (Å²) in [4.78, 5) is 5.13. The maximum Gasteiger partial charge on any atom is 0.0702 e. The van der Waals surface area contributed by atoms with E-state index in [0.29, 0.717) is 0 Å². The molecule has 0 atom stereocenters. The van der Waals surface area contributed by atoms with Crippen molar-refractivity contribution in [2.24, 2.45) is 0 Å². The molecule has 3 heterocycles. The minimum Gasteiger partial charge on any atom is -0.256 e. The summed E-state index contributed by atoms with van der Waals surface area (Å²) in [5.74, 6) is 0. The predicted octanol–water partition coefficient (Wildman–Crippen LogP) is 18.3. The Labute approximate surface area is 446 Å². The molecule has 12 aromatic rings. The number of hydrogen-bond donors (Lipinski definition) is 0. The Kier molecular flexibility index (Phi) is 12.6. The van der Waals surface area contributed by atoms with Gasteiger partial charge >= 0.3 is 0 Å². The van der Waals surface area contributed by atoms with Crippen LogP contribution in [0.15, 0.2) is 237 Å². The van der Waals surface area contributed by atoms with Crippen molar-refractivity contribution in [1.29, 1.82) is 0 Å². The fourth-order valence-corrected chi connectivity index (χ4v) is 10.6. The van der Waals surface area contributed by atoms with E-state index in [1.54, 1.807) is 0 Å². The Morgan fingerprint density at radius 3 is 1.00 bits per heavy atom. The first-order chi connectivity index (χ1) is 37.1. The molecular formula is C71H57N5. The van der Waals surface area contributed by atoms with Gasteiger partial charge in [0.05, 0.1) is 28.5 Å². The maximum absolute atomic E-state index is 5.13. The van der Waals surface area contributed by atoms with E-state index in [4.69, 9.17) is 15.2 Å². The first-order valence-corrected chi connectivity index (χ1v) is 26.1. The molecule has 0 saturated carbocycles. The van der Waals surface area contributed by atoms with Gasteiger partial charge in [-0.1, -0.05) is 176 Å². The standard InChI is InChI=1S/C71H57N5/c1-46-48(3)73-75(50(46)5)63-36-31-55(32-37-63)65-21-10-13-24-68(65)60-42-61(69-25-14-11-22-66(69)56-33-38-64(39-34-56)76-51(6)47(2)49(4)74-76)44-62(43-60)70-26-15-12-23-67(70)59-35-40-71(72-45-59)58-20-16-19-57(41-58)54-29-27-53(28-30-54)52-17-8-7-9-18-52/h7-45H,1-6H3. The highest BCUT2D eigenvalue weighted by Gasteiger charge is 2.18. The van der Waals surface area contributed by atoms with Crippen molar-refractivity contribution in [2.45, 2.75) is 41.5 Å². The van der Waals surface area contributed by atoms with E-state index < -0.39 is 0 Å². The quantitative estimate of drug-likeness (QED) is 0.130. The van der Waals surface area contributed by atoms with E-state index in [1.165, 1.54) is 27.8 Å². The summed E-state index contributed by atoms with van der Waals surface area (Å²) in [5.41, 5.74) is 29.3. The number of aromatic nitrogens is 5. The monoisotopic (exact) mass is 979 g/mol. The second-order valence-corrected chi connectivity index (χ2v) is 19.9. The van der Waals surface area contributed by atoms with Crippen molar-refractivity contribution in [1.82, 2.24) is 24.5 Å². The molecule has 0 spiro atoms. The second kappa shape index (κ2) is 20.1. The molecule has 0 amide bonds. The summed E-state index contributed by atoms with van der Waals surface area (Å²) in [6, 6.07) is 83.4. The highest BCUT2D eigenvalue weighted by Crippen LogP contribution is 2.43. The Morgan fingerprint density at radius 2 is 0.592 bits per heavy atom. The van der Waals surface area contributed by atoms with Crippen LogP contribution in [0.1, 0.15) is 33.9 Å². The highest BCUT2D eigenvalue weighted by atomic mass is 15.3. The molecule has 0 bridgehead atoms. The Balaban J connectivity index is 0.938. The van der Waals surface area contributed by atoms with Crippen LogP contribution in [-0.4, -0.2) is 24.5 Å². The molecule has 0 unspecified atom stereocenters. The van der Waals surface area contributed by atoms with Gasteiger partial charge in [-0.3, -0.25) is 4.98 Å². The van der Waals surface area contributed by atoms with Crippen molar-refractivity contribution in [3.63, 3.8) is 0 Å². The van der Waals surface area contributed by atoms with E-state index in [9.17, 15) is 0 Å². The minimum absolute atomic E-state index is 0.928. The van der Waals surface area contributed by atoms with Crippen LogP contribution in [-0.2, 0) is 0 Å². The molecule has 12 rings (SSSR count). The number of benzene rings is 9. The Morgan fingerprint density at radius 1 is 0.263 bits per heavy atom. The third-order valence-electron chi connectivity index (χ3n) is 15.4. The molecule has 5 heteroatoms. The van der Waals surface area contributed by atoms with Gasteiger partial charge in [-0.15, -0.1) is 0 Å². The van der Waals surface area contributed by atoms with Crippen LogP contribution in [0.4, 0.5) is 0 Å². The number of nitrogens with zero attached hydrogens (tertiary/aromatic N) is 5. The third kappa shape index (κ3) is 9.07. The summed E-state index contributed by atoms with van der Waals surface area (Å²) < 4.78 is 4.10. The molecule has 0 aliphatic rings. The first kappa shape index (κ1) is 47.5. The van der Waals surface area contributed by atoms with Crippen LogP contribution >= 0.6 is 0 Å². The highest BCUT2D eigenvalue weighted by molar-refractivity contribution is 5.94. The van der Waals surface area contributed by atoms with Gasteiger partial charge in [-0.05, 0) is 191 Å². The fraction of sp³-hybridized carbons (Fsp3) is 0.0845. The van der Waals surface area contributed by atoms with Crippen LogP contribution in [0, 0.1) is 41.5 Å². The van der Waals surface area contributed by atoms with E-state index >= 15 is 0 Å². The molecule has 366 valence electrons. The maximum atomic E-state index is 5.13. The van der Waals surface area contributed by atoms with Crippen LogP contribution in [0.25, 0.3) is 112 Å². The van der Waals surface area contributed by atoms with Crippen LogP contribution in [0.3, 0.4) is 0 Å². The first-order valence-electron chi connectivity index (χ1n) is 26.1. The average Bonchev–Trinajstić information content (AvgIpc) is 3.92. The van der Waals surface area contributed by atoms with Crippen LogP contribution in [0.5, 0.6) is 0 Å². The lowest BCUT2D eigenvalue weighted by Gasteiger charge is -2.18. The fourth-order valence-electron chi connectivity index (χ4n) is 10.6. The molecule has 0 N–H and O–H groups in total. The normalized spacial score (nSPS) is 11.3. The van der Waals surface area contributed by atoms with Crippen molar-refractivity contribution < 1.29 is 0 Å². The zero-order chi connectivity index (χ0) is 51.9. The van der Waals surface area contributed by atoms with Gasteiger partial charge < -0.3 is 0 Å². The van der Waals surface area contributed by atoms with E-state index in [0.717, 1.165) is 118 Å². The molecular weight excluding hydrogens is 923 g/mol. The van der Waals surface area contributed by atoms with Gasteiger partial charge in [0.25, 0.3) is 0 Å². The molecule has 76 heavy (non-hydrogen) atoms. The molecule has 0 fully saturated rings. The summed E-state index contributed by atoms with van der Waals surface area (Å²) in [6.07, 6.45) is 2.03. The SMILES string of the molecule is Cc1nn(-c2ccc(-c3ccccc3-c3cc(-c4ccccc4-c4ccc(-n5nc(C)c(C)c5C)cc4)cc(-c4ccccc4-c4ccc(-c5cccc(-c6ccc(-c7ccccc7)cc6)c5)nc4)c3)cc2)c(C)c1C.